The maximum atomic E-state index is 13.1. The number of benzene rings is 2. The van der Waals surface area contributed by atoms with E-state index in [1.54, 1.807) is 0 Å². The van der Waals surface area contributed by atoms with Crippen LogP contribution in [0, 0.1) is 5.82 Å². The van der Waals surface area contributed by atoms with E-state index in [-0.39, 0.29) is 18.3 Å². The number of quaternary nitrogens is 1. The van der Waals surface area contributed by atoms with Crippen molar-refractivity contribution in [1.29, 1.82) is 0 Å². The van der Waals surface area contributed by atoms with Gasteiger partial charge in [0.05, 0.1) is 17.6 Å². The summed E-state index contributed by atoms with van der Waals surface area (Å²) in [6.07, 6.45) is 0. The molecule has 2 N–H and O–H groups in total. The minimum atomic E-state index is -0.361. The largest absolute Gasteiger partial charge is 0.483 e. The highest BCUT2D eigenvalue weighted by atomic mass is 79.9. The summed E-state index contributed by atoms with van der Waals surface area (Å²) in [5.41, 5.74) is 2.36. The van der Waals surface area contributed by atoms with Crippen molar-refractivity contribution in [3.05, 3.63) is 63.9 Å². The fourth-order valence-electron chi connectivity index (χ4n) is 2.65. The van der Waals surface area contributed by atoms with Crippen LogP contribution in [-0.2, 0) is 17.9 Å². The van der Waals surface area contributed by atoms with E-state index in [1.807, 2.05) is 18.2 Å². The lowest BCUT2D eigenvalue weighted by Crippen LogP contribution is -3.10. The van der Waals surface area contributed by atoms with Crippen LogP contribution in [0.2, 0.25) is 0 Å². The molecule has 0 aliphatic carbocycles. The van der Waals surface area contributed by atoms with E-state index < -0.39 is 0 Å². The normalized spacial score (nSPS) is 10.8. The van der Waals surface area contributed by atoms with Gasteiger partial charge in [-0.2, -0.15) is 0 Å². The zero-order valence-corrected chi connectivity index (χ0v) is 16.7. The first-order chi connectivity index (χ1) is 12.5. The van der Waals surface area contributed by atoms with Crippen LogP contribution in [0.1, 0.15) is 25.0 Å². The van der Waals surface area contributed by atoms with Crippen LogP contribution in [0.4, 0.5) is 4.39 Å². The SMILES string of the molecule is CC[NH+](CC)Cc1ccccc1CNC(=O)COc1ccc(F)cc1Br. The van der Waals surface area contributed by atoms with Crippen LogP contribution in [0.15, 0.2) is 46.9 Å². The molecule has 0 bridgehead atoms. The summed E-state index contributed by atoms with van der Waals surface area (Å²) >= 11 is 3.22. The number of hydrogen-bond acceptors (Lipinski definition) is 2. The highest BCUT2D eigenvalue weighted by Gasteiger charge is 2.11. The highest BCUT2D eigenvalue weighted by Crippen LogP contribution is 2.25. The predicted octanol–water partition coefficient (Wildman–Crippen LogP) is 2.71. The topological polar surface area (TPSA) is 42.8 Å². The molecule has 0 atom stereocenters. The number of hydrogen-bond donors (Lipinski definition) is 2. The lowest BCUT2D eigenvalue weighted by Gasteiger charge is -2.18. The lowest BCUT2D eigenvalue weighted by atomic mass is 10.1. The van der Waals surface area contributed by atoms with Gasteiger partial charge in [0.1, 0.15) is 18.1 Å². The molecule has 6 heteroatoms. The molecule has 0 aliphatic heterocycles. The van der Waals surface area contributed by atoms with E-state index >= 15 is 0 Å². The lowest BCUT2D eigenvalue weighted by molar-refractivity contribution is -0.910. The quantitative estimate of drug-likeness (QED) is 0.650. The molecule has 0 spiro atoms. The van der Waals surface area contributed by atoms with E-state index in [0.717, 1.165) is 25.2 Å². The second kappa shape index (κ2) is 10.3. The average Bonchev–Trinajstić information content (AvgIpc) is 2.64. The molecule has 26 heavy (non-hydrogen) atoms. The Balaban J connectivity index is 1.89. The van der Waals surface area contributed by atoms with Gasteiger partial charge in [-0.15, -0.1) is 0 Å². The van der Waals surface area contributed by atoms with Crippen molar-refractivity contribution in [3.8, 4) is 5.75 Å². The second-order valence-corrected chi connectivity index (χ2v) is 6.90. The summed E-state index contributed by atoms with van der Waals surface area (Å²) in [5, 5.41) is 2.89. The van der Waals surface area contributed by atoms with Crippen LogP contribution < -0.4 is 15.0 Å². The first-order valence-electron chi connectivity index (χ1n) is 8.78. The number of rotatable bonds is 9. The van der Waals surface area contributed by atoms with Gasteiger partial charge in [0.15, 0.2) is 6.61 Å². The molecule has 0 radical (unpaired) electrons. The molecule has 0 saturated carbocycles. The summed E-state index contributed by atoms with van der Waals surface area (Å²) < 4.78 is 19.0. The van der Waals surface area contributed by atoms with Crippen molar-refractivity contribution in [1.82, 2.24) is 5.32 Å². The van der Waals surface area contributed by atoms with Crippen molar-refractivity contribution in [2.45, 2.75) is 26.9 Å². The molecule has 1 amide bonds. The fourth-order valence-corrected chi connectivity index (χ4v) is 3.12. The summed E-state index contributed by atoms with van der Waals surface area (Å²) in [7, 11) is 0. The van der Waals surface area contributed by atoms with E-state index in [4.69, 9.17) is 4.74 Å². The number of carbonyl (C=O) groups is 1. The number of amides is 1. The van der Waals surface area contributed by atoms with E-state index in [2.05, 4.69) is 41.2 Å². The molecular formula is C20H25BrFN2O2+. The van der Waals surface area contributed by atoms with Gasteiger partial charge in [-0.3, -0.25) is 4.79 Å². The number of carbonyl (C=O) groups excluding carboxylic acids is 1. The second-order valence-electron chi connectivity index (χ2n) is 6.04. The maximum Gasteiger partial charge on any atom is 0.258 e. The number of halogens is 2. The predicted molar refractivity (Wildman–Crippen MR) is 104 cm³/mol. The molecule has 0 aromatic heterocycles. The molecule has 0 heterocycles. The van der Waals surface area contributed by atoms with Gasteiger partial charge in [0.2, 0.25) is 0 Å². The van der Waals surface area contributed by atoms with Crippen molar-refractivity contribution >= 4 is 21.8 Å². The van der Waals surface area contributed by atoms with Crippen molar-refractivity contribution < 1.29 is 18.8 Å². The minimum absolute atomic E-state index is 0.117. The Bertz CT molecular complexity index is 736. The molecule has 4 nitrogen and oxygen atoms in total. The Morgan fingerprint density at radius 2 is 1.85 bits per heavy atom. The molecule has 0 unspecified atom stereocenters. The molecule has 0 aliphatic rings. The van der Waals surface area contributed by atoms with Gasteiger partial charge in [-0.1, -0.05) is 24.3 Å². The zero-order valence-electron chi connectivity index (χ0n) is 15.1. The van der Waals surface area contributed by atoms with Crippen LogP contribution in [-0.4, -0.2) is 25.6 Å². The van der Waals surface area contributed by atoms with Crippen molar-refractivity contribution in [3.63, 3.8) is 0 Å². The third-order valence-corrected chi connectivity index (χ3v) is 4.91. The van der Waals surface area contributed by atoms with Gasteiger partial charge in [-0.05, 0) is 53.5 Å². The number of nitrogens with one attached hydrogen (secondary N) is 2. The van der Waals surface area contributed by atoms with Gasteiger partial charge in [0.25, 0.3) is 5.91 Å². The third-order valence-electron chi connectivity index (χ3n) is 4.29. The minimum Gasteiger partial charge on any atom is -0.483 e. The molecule has 2 aromatic carbocycles. The van der Waals surface area contributed by atoms with Crippen molar-refractivity contribution in [2.75, 3.05) is 19.7 Å². The van der Waals surface area contributed by atoms with E-state index in [1.165, 1.54) is 28.7 Å². The van der Waals surface area contributed by atoms with Crippen LogP contribution in [0.25, 0.3) is 0 Å². The summed E-state index contributed by atoms with van der Waals surface area (Å²) in [5.74, 6) is -0.140. The third kappa shape index (κ3) is 6.11. The Hall–Kier alpha value is -1.92. The van der Waals surface area contributed by atoms with E-state index in [0.29, 0.717) is 16.8 Å². The molecule has 2 rings (SSSR count). The van der Waals surface area contributed by atoms with Crippen molar-refractivity contribution in [2.24, 2.45) is 0 Å². The summed E-state index contributed by atoms with van der Waals surface area (Å²) in [4.78, 5) is 13.6. The fraction of sp³-hybridized carbons (Fsp3) is 0.350. The standard InChI is InChI=1S/C20H24BrFN2O2/c1-3-24(4-2)13-16-8-6-5-7-15(16)12-23-20(25)14-26-19-10-9-17(22)11-18(19)21/h5-11H,3-4,12-14H2,1-2H3,(H,23,25)/p+1. The van der Waals surface area contributed by atoms with Gasteiger partial charge in [-0.25, -0.2) is 4.39 Å². The van der Waals surface area contributed by atoms with Gasteiger partial charge >= 0.3 is 0 Å². The molecule has 2 aromatic rings. The molecule has 0 fully saturated rings. The zero-order chi connectivity index (χ0) is 18.9. The van der Waals surface area contributed by atoms with Gasteiger partial charge in [0, 0.05) is 12.1 Å². The Labute approximate surface area is 162 Å². The summed E-state index contributed by atoms with van der Waals surface area (Å²) in [6, 6.07) is 12.3. The first kappa shape index (κ1) is 20.4. The smallest absolute Gasteiger partial charge is 0.258 e. The summed E-state index contributed by atoms with van der Waals surface area (Å²) in [6.45, 7) is 7.77. The van der Waals surface area contributed by atoms with E-state index in [9.17, 15) is 9.18 Å². The highest BCUT2D eigenvalue weighted by molar-refractivity contribution is 9.10. The monoisotopic (exact) mass is 423 g/mol. The molecule has 0 saturated heterocycles. The molecular weight excluding hydrogens is 399 g/mol. The first-order valence-corrected chi connectivity index (χ1v) is 9.57. The Kier molecular flexibility index (Phi) is 8.06. The van der Waals surface area contributed by atoms with Crippen LogP contribution in [0.3, 0.4) is 0 Å². The van der Waals surface area contributed by atoms with Crippen LogP contribution >= 0.6 is 15.9 Å². The maximum absolute atomic E-state index is 13.1. The molecule has 140 valence electrons. The Morgan fingerprint density at radius 1 is 1.15 bits per heavy atom. The van der Waals surface area contributed by atoms with Gasteiger partial charge < -0.3 is 15.0 Å². The van der Waals surface area contributed by atoms with Crippen LogP contribution in [0.5, 0.6) is 5.75 Å². The number of ether oxygens (including phenoxy) is 1. The average molecular weight is 424 g/mol. The Morgan fingerprint density at radius 3 is 2.50 bits per heavy atom.